The Morgan fingerprint density at radius 2 is 1.42 bits per heavy atom. The average molecular weight is 360 g/mol. The molecule has 142 valence electrons. The van der Waals surface area contributed by atoms with Crippen LogP contribution in [-0.4, -0.2) is 69.8 Å². The number of nitrogens with zero attached hydrogens (tertiary/aromatic N) is 4. The first-order valence-corrected chi connectivity index (χ1v) is 9.49. The van der Waals surface area contributed by atoms with Crippen LogP contribution in [0.2, 0.25) is 0 Å². The molecular weight excluding hydrogens is 332 g/mol. The Balaban J connectivity index is 1.53. The summed E-state index contributed by atoms with van der Waals surface area (Å²) in [6.45, 7) is 6.81. The highest BCUT2D eigenvalue weighted by molar-refractivity contribution is 5.76. The molecule has 0 radical (unpaired) electrons. The number of nitrogens with one attached hydrogen (secondary N) is 2. The molecule has 3 rings (SSSR count). The summed E-state index contributed by atoms with van der Waals surface area (Å²) in [5, 5.41) is 6.80. The minimum absolute atomic E-state index is 0.201. The highest BCUT2D eigenvalue weighted by atomic mass is 16.2. The molecule has 2 unspecified atom stereocenters. The van der Waals surface area contributed by atoms with Gasteiger partial charge in [0.2, 0.25) is 11.8 Å². The quantitative estimate of drug-likeness (QED) is 0.795. The normalized spacial score (nSPS) is 22.5. The summed E-state index contributed by atoms with van der Waals surface area (Å²) in [5.41, 5.74) is 0. The lowest BCUT2D eigenvalue weighted by atomic mass is 10.2. The van der Waals surface area contributed by atoms with E-state index in [0.29, 0.717) is 12.8 Å². The van der Waals surface area contributed by atoms with Gasteiger partial charge in [-0.3, -0.25) is 9.59 Å². The van der Waals surface area contributed by atoms with Crippen LogP contribution < -0.4 is 10.6 Å². The first-order valence-electron chi connectivity index (χ1n) is 9.49. The zero-order valence-electron chi connectivity index (χ0n) is 15.6. The third-order valence-corrected chi connectivity index (χ3v) is 5.06. The molecular formula is C18H28N6O2. The Morgan fingerprint density at radius 3 is 1.85 bits per heavy atom. The zero-order valence-corrected chi connectivity index (χ0v) is 15.6. The fourth-order valence-corrected chi connectivity index (χ4v) is 3.59. The number of anilines is 2. The van der Waals surface area contributed by atoms with Crippen molar-refractivity contribution in [2.45, 2.75) is 51.6 Å². The van der Waals surface area contributed by atoms with Crippen molar-refractivity contribution < 1.29 is 9.59 Å². The Kier molecular flexibility index (Phi) is 5.90. The molecule has 1 aromatic heterocycles. The molecule has 8 nitrogen and oxygen atoms in total. The van der Waals surface area contributed by atoms with Crippen LogP contribution in [0.5, 0.6) is 0 Å². The number of aromatic nitrogens is 2. The second kappa shape index (κ2) is 8.33. The third kappa shape index (κ3) is 4.42. The summed E-state index contributed by atoms with van der Waals surface area (Å²) in [4.78, 5) is 36.0. The van der Waals surface area contributed by atoms with Crippen LogP contribution in [-0.2, 0) is 9.59 Å². The van der Waals surface area contributed by atoms with E-state index in [4.69, 9.17) is 0 Å². The van der Waals surface area contributed by atoms with Crippen molar-refractivity contribution in [1.29, 1.82) is 0 Å². The van der Waals surface area contributed by atoms with Crippen LogP contribution in [0.1, 0.15) is 39.5 Å². The van der Waals surface area contributed by atoms with Crippen LogP contribution in [0, 0.1) is 0 Å². The van der Waals surface area contributed by atoms with Crippen molar-refractivity contribution in [3.8, 4) is 0 Å². The van der Waals surface area contributed by atoms with Gasteiger partial charge in [-0.25, -0.2) is 9.97 Å². The number of carbonyl (C=O) groups is 2. The predicted octanol–water partition coefficient (Wildman–Crippen LogP) is 1.32. The second-order valence-corrected chi connectivity index (χ2v) is 6.93. The van der Waals surface area contributed by atoms with Crippen molar-refractivity contribution in [2.75, 3.05) is 36.8 Å². The van der Waals surface area contributed by atoms with Gasteiger partial charge in [0.15, 0.2) is 0 Å². The lowest BCUT2D eigenvalue weighted by Crippen LogP contribution is -2.31. The summed E-state index contributed by atoms with van der Waals surface area (Å²) in [6.07, 6.45) is 4.49. The van der Waals surface area contributed by atoms with Gasteiger partial charge in [-0.05, 0) is 12.8 Å². The molecule has 2 amide bonds. The van der Waals surface area contributed by atoms with E-state index in [1.807, 2.05) is 29.7 Å². The van der Waals surface area contributed by atoms with E-state index in [0.717, 1.165) is 50.7 Å². The molecule has 26 heavy (non-hydrogen) atoms. The monoisotopic (exact) mass is 360 g/mol. The van der Waals surface area contributed by atoms with Gasteiger partial charge in [-0.15, -0.1) is 0 Å². The highest BCUT2D eigenvalue weighted by Crippen LogP contribution is 2.19. The molecule has 0 aliphatic carbocycles. The zero-order chi connectivity index (χ0) is 18.5. The first-order chi connectivity index (χ1) is 12.6. The molecule has 2 atom stereocenters. The lowest BCUT2D eigenvalue weighted by molar-refractivity contribution is -0.130. The number of amides is 2. The molecule has 3 heterocycles. The maximum atomic E-state index is 11.8. The number of rotatable bonds is 6. The summed E-state index contributed by atoms with van der Waals surface area (Å²) in [7, 11) is 0. The van der Waals surface area contributed by atoms with E-state index < -0.39 is 0 Å². The van der Waals surface area contributed by atoms with Gasteiger partial charge in [0.1, 0.15) is 18.0 Å². The van der Waals surface area contributed by atoms with Gasteiger partial charge in [0.05, 0.1) is 0 Å². The summed E-state index contributed by atoms with van der Waals surface area (Å²) < 4.78 is 0. The van der Waals surface area contributed by atoms with Crippen molar-refractivity contribution in [1.82, 2.24) is 19.8 Å². The van der Waals surface area contributed by atoms with Gasteiger partial charge < -0.3 is 20.4 Å². The maximum Gasteiger partial charge on any atom is 0.222 e. The molecule has 0 saturated carbocycles. The molecule has 2 saturated heterocycles. The molecule has 2 aliphatic heterocycles. The largest absolute Gasteiger partial charge is 0.365 e. The molecule has 2 fully saturated rings. The summed E-state index contributed by atoms with van der Waals surface area (Å²) in [6, 6.07) is 2.34. The minimum atomic E-state index is 0.201. The third-order valence-electron chi connectivity index (χ3n) is 5.06. The van der Waals surface area contributed by atoms with E-state index in [1.165, 1.54) is 0 Å². The smallest absolute Gasteiger partial charge is 0.222 e. The van der Waals surface area contributed by atoms with Crippen LogP contribution in [0.15, 0.2) is 12.4 Å². The Labute approximate surface area is 154 Å². The molecule has 2 N–H and O–H groups in total. The number of hydrogen-bond donors (Lipinski definition) is 2. The van der Waals surface area contributed by atoms with Crippen LogP contribution in [0.25, 0.3) is 0 Å². The highest BCUT2D eigenvalue weighted by Gasteiger charge is 2.27. The van der Waals surface area contributed by atoms with Crippen molar-refractivity contribution in [3.63, 3.8) is 0 Å². The van der Waals surface area contributed by atoms with Crippen molar-refractivity contribution in [3.05, 3.63) is 12.4 Å². The maximum absolute atomic E-state index is 11.8. The number of likely N-dealkylation sites (tertiary alicyclic amines) is 2. The van der Waals surface area contributed by atoms with E-state index in [1.54, 1.807) is 6.33 Å². The minimum Gasteiger partial charge on any atom is -0.365 e. The van der Waals surface area contributed by atoms with E-state index >= 15 is 0 Å². The van der Waals surface area contributed by atoms with Gasteiger partial charge >= 0.3 is 0 Å². The molecule has 1 aromatic rings. The fourth-order valence-electron chi connectivity index (χ4n) is 3.59. The molecule has 2 aliphatic rings. The Morgan fingerprint density at radius 1 is 0.962 bits per heavy atom. The topological polar surface area (TPSA) is 90.5 Å². The van der Waals surface area contributed by atoms with Crippen LogP contribution in [0.3, 0.4) is 0 Å². The van der Waals surface area contributed by atoms with Crippen molar-refractivity contribution in [2.24, 2.45) is 0 Å². The van der Waals surface area contributed by atoms with Crippen LogP contribution in [0.4, 0.5) is 11.6 Å². The van der Waals surface area contributed by atoms with Crippen molar-refractivity contribution >= 4 is 23.5 Å². The van der Waals surface area contributed by atoms with Gasteiger partial charge in [-0.1, -0.05) is 13.8 Å². The SMILES string of the molecule is CCC(=O)N1CCC(Nc2cc(NC3CCN(C(=O)CC)C3)ncn2)C1. The Bertz CT molecular complexity index is 601. The number of carbonyl (C=O) groups excluding carboxylic acids is 2. The Hall–Kier alpha value is -2.38. The average Bonchev–Trinajstić information content (AvgIpc) is 3.30. The van der Waals surface area contributed by atoms with E-state index in [2.05, 4.69) is 20.6 Å². The van der Waals surface area contributed by atoms with Gasteiger partial charge in [0, 0.05) is 57.2 Å². The molecule has 0 spiro atoms. The van der Waals surface area contributed by atoms with Gasteiger partial charge in [-0.2, -0.15) is 0 Å². The summed E-state index contributed by atoms with van der Waals surface area (Å²) in [5.74, 6) is 1.93. The predicted molar refractivity (Wildman–Crippen MR) is 99.8 cm³/mol. The second-order valence-electron chi connectivity index (χ2n) is 6.93. The van der Waals surface area contributed by atoms with E-state index in [9.17, 15) is 9.59 Å². The lowest BCUT2D eigenvalue weighted by Gasteiger charge is -2.18. The molecule has 8 heteroatoms. The van der Waals surface area contributed by atoms with Gasteiger partial charge in [0.25, 0.3) is 0 Å². The van der Waals surface area contributed by atoms with E-state index in [-0.39, 0.29) is 23.9 Å². The number of hydrogen-bond acceptors (Lipinski definition) is 6. The standard InChI is InChI=1S/C18H28N6O2/c1-3-17(25)23-7-5-13(10-23)21-15-9-16(20-12-19-15)22-14-6-8-24(11-14)18(26)4-2/h9,12-14H,3-8,10-11H2,1-2H3,(H2,19,20,21,22). The molecule has 0 aromatic carbocycles. The molecule has 0 bridgehead atoms. The van der Waals surface area contributed by atoms with Crippen LogP contribution >= 0.6 is 0 Å². The first kappa shape index (κ1) is 18.4. The summed E-state index contributed by atoms with van der Waals surface area (Å²) >= 11 is 0. The fraction of sp³-hybridized carbons (Fsp3) is 0.667.